The average molecular weight is 370 g/mol. The van der Waals surface area contributed by atoms with Gasteiger partial charge in [0.1, 0.15) is 0 Å². The maximum absolute atomic E-state index is 10.2. The van der Waals surface area contributed by atoms with Crippen LogP contribution < -0.4 is 0 Å². The Bertz CT molecular complexity index is 552. The zero-order valence-corrected chi connectivity index (χ0v) is 13.2. The topological polar surface area (TPSA) is 20.2 Å². The van der Waals surface area contributed by atoms with Crippen LogP contribution in [0.4, 0.5) is 0 Å². The number of halogens is 2. The number of rotatable bonds is 3. The van der Waals surface area contributed by atoms with E-state index in [1.807, 2.05) is 49.4 Å². The molecule has 0 spiro atoms. The van der Waals surface area contributed by atoms with Gasteiger partial charge in [-0.05, 0) is 41.8 Å². The van der Waals surface area contributed by atoms with E-state index in [1.54, 1.807) is 0 Å². The lowest BCUT2D eigenvalue weighted by molar-refractivity contribution is 0.178. The Morgan fingerprint density at radius 2 is 1.89 bits per heavy atom. The fourth-order valence-corrected chi connectivity index (χ4v) is 2.57. The summed E-state index contributed by atoms with van der Waals surface area (Å²) in [7, 11) is 0. The molecule has 1 N–H and O–H groups in total. The van der Waals surface area contributed by atoms with Gasteiger partial charge in [-0.3, -0.25) is 0 Å². The second-order valence-corrected chi connectivity index (χ2v) is 6.13. The van der Waals surface area contributed by atoms with E-state index < -0.39 is 6.10 Å². The van der Waals surface area contributed by atoms with Crippen molar-refractivity contribution >= 4 is 31.9 Å². The molecule has 0 aliphatic carbocycles. The van der Waals surface area contributed by atoms with Crippen molar-refractivity contribution in [3.05, 3.63) is 68.1 Å². The van der Waals surface area contributed by atoms with Gasteiger partial charge in [0.2, 0.25) is 0 Å². The molecular weight excluding hydrogens is 356 g/mol. The van der Waals surface area contributed by atoms with Gasteiger partial charge in [-0.25, -0.2) is 0 Å². The van der Waals surface area contributed by atoms with Crippen molar-refractivity contribution in [2.75, 3.05) is 0 Å². The van der Waals surface area contributed by atoms with Crippen LogP contribution in [0.15, 0.2) is 51.4 Å². The predicted octanol–water partition coefficient (Wildman–Crippen LogP) is 4.80. The van der Waals surface area contributed by atoms with Crippen LogP contribution in [-0.2, 0) is 6.42 Å². The van der Waals surface area contributed by atoms with E-state index in [1.165, 1.54) is 0 Å². The molecule has 1 nitrogen and oxygen atoms in total. The van der Waals surface area contributed by atoms with Crippen LogP contribution in [0.5, 0.6) is 0 Å². The molecule has 0 radical (unpaired) electrons. The highest BCUT2D eigenvalue weighted by atomic mass is 79.9. The van der Waals surface area contributed by atoms with Crippen LogP contribution in [0.1, 0.15) is 22.8 Å². The standard InChI is InChI=1S/C15H14Br2O/c1-10-7-12(5-6-14(10)17)15(18)9-11-3-2-4-13(16)8-11/h2-8,15,18H,9H2,1H3. The summed E-state index contributed by atoms with van der Waals surface area (Å²) in [5, 5.41) is 10.2. The van der Waals surface area contributed by atoms with Gasteiger partial charge in [0.15, 0.2) is 0 Å². The van der Waals surface area contributed by atoms with Crippen molar-refractivity contribution in [3.8, 4) is 0 Å². The van der Waals surface area contributed by atoms with E-state index in [0.717, 1.165) is 25.6 Å². The Labute approximate surface area is 124 Å². The molecule has 0 aromatic heterocycles. The Morgan fingerprint density at radius 1 is 1.11 bits per heavy atom. The molecule has 1 atom stereocenters. The average Bonchev–Trinajstić information content (AvgIpc) is 2.32. The molecular formula is C15H14Br2O. The minimum absolute atomic E-state index is 0.467. The number of aliphatic hydroxyl groups excluding tert-OH is 1. The van der Waals surface area contributed by atoms with Crippen LogP contribution in [-0.4, -0.2) is 5.11 Å². The second-order valence-electron chi connectivity index (χ2n) is 4.36. The predicted molar refractivity (Wildman–Crippen MR) is 81.7 cm³/mol. The van der Waals surface area contributed by atoms with Gasteiger partial charge in [0.05, 0.1) is 6.10 Å². The molecule has 0 heterocycles. The minimum Gasteiger partial charge on any atom is -0.388 e. The summed E-state index contributed by atoms with van der Waals surface area (Å²) in [5.74, 6) is 0. The summed E-state index contributed by atoms with van der Waals surface area (Å²) in [4.78, 5) is 0. The summed E-state index contributed by atoms with van der Waals surface area (Å²) in [6.45, 7) is 2.03. The highest BCUT2D eigenvalue weighted by Gasteiger charge is 2.09. The van der Waals surface area contributed by atoms with Gasteiger partial charge in [-0.1, -0.05) is 56.1 Å². The third-order valence-electron chi connectivity index (χ3n) is 2.88. The van der Waals surface area contributed by atoms with Gasteiger partial charge in [-0.2, -0.15) is 0 Å². The number of hydrogen-bond donors (Lipinski definition) is 1. The Kier molecular flexibility index (Phi) is 4.60. The highest BCUT2D eigenvalue weighted by molar-refractivity contribution is 9.10. The fraction of sp³-hybridized carbons (Fsp3) is 0.200. The van der Waals surface area contributed by atoms with E-state index in [9.17, 15) is 5.11 Å². The fourth-order valence-electron chi connectivity index (χ4n) is 1.88. The lowest BCUT2D eigenvalue weighted by atomic mass is 10.0. The molecule has 18 heavy (non-hydrogen) atoms. The lowest BCUT2D eigenvalue weighted by Gasteiger charge is -2.12. The number of aryl methyl sites for hydroxylation is 1. The largest absolute Gasteiger partial charge is 0.388 e. The summed E-state index contributed by atoms with van der Waals surface area (Å²) >= 11 is 6.91. The minimum atomic E-state index is -0.467. The molecule has 0 amide bonds. The molecule has 3 heteroatoms. The van der Waals surface area contributed by atoms with Crippen molar-refractivity contribution in [1.29, 1.82) is 0 Å². The van der Waals surface area contributed by atoms with Gasteiger partial charge in [0, 0.05) is 15.4 Å². The van der Waals surface area contributed by atoms with Gasteiger partial charge in [-0.15, -0.1) is 0 Å². The summed E-state index contributed by atoms with van der Waals surface area (Å²) < 4.78 is 2.11. The highest BCUT2D eigenvalue weighted by Crippen LogP contribution is 2.24. The summed E-state index contributed by atoms with van der Waals surface area (Å²) in [6.07, 6.45) is 0.159. The number of aliphatic hydroxyl groups is 1. The van der Waals surface area contributed by atoms with E-state index >= 15 is 0 Å². The molecule has 0 bridgehead atoms. The molecule has 0 saturated heterocycles. The van der Waals surface area contributed by atoms with Crippen LogP contribution in [0.3, 0.4) is 0 Å². The van der Waals surface area contributed by atoms with Crippen LogP contribution >= 0.6 is 31.9 Å². The zero-order chi connectivity index (χ0) is 13.1. The Morgan fingerprint density at radius 3 is 2.56 bits per heavy atom. The van der Waals surface area contributed by atoms with Crippen LogP contribution in [0, 0.1) is 6.92 Å². The van der Waals surface area contributed by atoms with Gasteiger partial charge >= 0.3 is 0 Å². The first-order chi connectivity index (χ1) is 8.56. The monoisotopic (exact) mass is 368 g/mol. The Hall–Kier alpha value is -0.640. The maximum Gasteiger partial charge on any atom is 0.0830 e. The molecule has 1 unspecified atom stereocenters. The third kappa shape index (κ3) is 3.44. The van der Waals surface area contributed by atoms with Crippen molar-refractivity contribution in [1.82, 2.24) is 0 Å². The van der Waals surface area contributed by atoms with E-state index in [2.05, 4.69) is 31.9 Å². The number of benzene rings is 2. The SMILES string of the molecule is Cc1cc(C(O)Cc2cccc(Br)c2)ccc1Br. The Balaban J connectivity index is 2.16. The lowest BCUT2D eigenvalue weighted by Crippen LogP contribution is -2.02. The van der Waals surface area contributed by atoms with Crippen molar-refractivity contribution in [2.24, 2.45) is 0 Å². The van der Waals surface area contributed by atoms with E-state index in [0.29, 0.717) is 6.42 Å². The summed E-state index contributed by atoms with van der Waals surface area (Å²) in [5.41, 5.74) is 3.22. The molecule has 2 aromatic rings. The molecule has 0 aliphatic rings. The van der Waals surface area contributed by atoms with E-state index in [-0.39, 0.29) is 0 Å². The molecule has 2 rings (SSSR count). The first-order valence-corrected chi connectivity index (χ1v) is 7.33. The van der Waals surface area contributed by atoms with Crippen LogP contribution in [0.25, 0.3) is 0 Å². The zero-order valence-electron chi connectivity index (χ0n) is 10.0. The van der Waals surface area contributed by atoms with Crippen molar-refractivity contribution in [3.63, 3.8) is 0 Å². The first kappa shape index (κ1) is 13.8. The number of hydrogen-bond acceptors (Lipinski definition) is 1. The molecule has 2 aromatic carbocycles. The second kappa shape index (κ2) is 6.00. The third-order valence-corrected chi connectivity index (χ3v) is 4.27. The summed E-state index contributed by atoms with van der Waals surface area (Å²) in [6, 6.07) is 14.0. The van der Waals surface area contributed by atoms with Gasteiger partial charge in [0.25, 0.3) is 0 Å². The normalized spacial score (nSPS) is 12.4. The first-order valence-electron chi connectivity index (χ1n) is 5.75. The molecule has 0 fully saturated rings. The quantitative estimate of drug-likeness (QED) is 0.824. The molecule has 0 saturated carbocycles. The van der Waals surface area contributed by atoms with E-state index in [4.69, 9.17) is 0 Å². The van der Waals surface area contributed by atoms with Crippen LogP contribution in [0.2, 0.25) is 0 Å². The maximum atomic E-state index is 10.2. The van der Waals surface area contributed by atoms with Crippen molar-refractivity contribution < 1.29 is 5.11 Å². The molecule has 94 valence electrons. The molecule has 0 aliphatic heterocycles. The van der Waals surface area contributed by atoms with Gasteiger partial charge < -0.3 is 5.11 Å². The smallest absolute Gasteiger partial charge is 0.0830 e. The van der Waals surface area contributed by atoms with Crippen molar-refractivity contribution in [2.45, 2.75) is 19.4 Å².